The van der Waals surface area contributed by atoms with Crippen LogP contribution in [0.1, 0.15) is 296 Å². The normalized spacial score (nSPS) is 13.5. The van der Waals surface area contributed by atoms with Crippen LogP contribution in [0.2, 0.25) is 0 Å². The number of likely N-dealkylation sites (N-methyl/N-ethyl adjacent to an activating group) is 1. The molecule has 0 amide bonds. The Morgan fingerprint density at radius 3 is 0.955 bits per heavy atom. The van der Waals surface area contributed by atoms with Crippen molar-refractivity contribution < 1.29 is 42.9 Å². The van der Waals surface area contributed by atoms with Crippen LogP contribution in [0, 0.1) is 0 Å². The molecule has 0 aliphatic heterocycles. The number of aliphatic carboxylic acids is 1. The smallest absolute Gasteiger partial charge is 0.306 e. The monoisotopic (exact) mass is 1240 g/mol. The second-order valence-corrected chi connectivity index (χ2v) is 25.1. The molecule has 0 aromatic carbocycles. The molecule has 0 aliphatic rings. The second kappa shape index (κ2) is 69.3. The van der Waals surface area contributed by atoms with Gasteiger partial charge in [-0.15, -0.1) is 0 Å². The molecule has 0 aromatic rings. The van der Waals surface area contributed by atoms with Gasteiger partial charge in [0.15, 0.2) is 12.4 Å². The first kappa shape index (κ1) is 84.4. The maximum atomic E-state index is 12.9. The Balaban J connectivity index is 4.15. The van der Waals surface area contributed by atoms with Gasteiger partial charge in [-0.25, -0.2) is 0 Å². The Morgan fingerprint density at radius 1 is 0.348 bits per heavy atom. The molecular weight excluding hydrogens is 1100 g/mol. The summed E-state index contributed by atoms with van der Waals surface area (Å²) in [5.41, 5.74) is 0. The van der Waals surface area contributed by atoms with E-state index in [4.69, 9.17) is 18.9 Å². The van der Waals surface area contributed by atoms with Crippen LogP contribution in [0.15, 0.2) is 134 Å². The predicted molar refractivity (Wildman–Crippen MR) is 379 cm³/mol. The topological polar surface area (TPSA) is 111 Å². The third-order valence-corrected chi connectivity index (χ3v) is 15.4. The summed E-state index contributed by atoms with van der Waals surface area (Å²) >= 11 is 0. The maximum absolute atomic E-state index is 12.9. The van der Waals surface area contributed by atoms with Crippen molar-refractivity contribution >= 4 is 17.9 Å². The molecule has 9 heteroatoms. The zero-order valence-corrected chi connectivity index (χ0v) is 58.0. The molecule has 0 heterocycles. The molecule has 0 rings (SSSR count). The average molecular weight is 1240 g/mol. The van der Waals surface area contributed by atoms with Crippen LogP contribution in [-0.2, 0) is 33.3 Å². The first-order chi connectivity index (χ1) is 43.6. The number of carbonyl (C=O) groups excluding carboxylic acids is 3. The van der Waals surface area contributed by atoms with E-state index in [0.717, 1.165) is 109 Å². The zero-order chi connectivity index (χ0) is 64.7. The van der Waals surface area contributed by atoms with Crippen molar-refractivity contribution in [2.75, 3.05) is 47.5 Å². The molecule has 2 unspecified atom stereocenters. The van der Waals surface area contributed by atoms with E-state index in [-0.39, 0.29) is 38.6 Å². The van der Waals surface area contributed by atoms with Gasteiger partial charge in [-0.3, -0.25) is 9.59 Å². The summed E-state index contributed by atoms with van der Waals surface area (Å²) in [5, 5.41) is 11.8. The summed E-state index contributed by atoms with van der Waals surface area (Å²) in [5.74, 6) is -2.29. The Hall–Kier alpha value is -4.57. The highest BCUT2D eigenvalue weighted by Gasteiger charge is 2.22. The van der Waals surface area contributed by atoms with Gasteiger partial charge in [0, 0.05) is 12.8 Å². The number of esters is 2. The van der Waals surface area contributed by atoms with Crippen LogP contribution < -0.4 is 5.11 Å². The Bertz CT molecular complexity index is 1930. The van der Waals surface area contributed by atoms with Gasteiger partial charge in [-0.2, -0.15) is 0 Å². The first-order valence-electron chi connectivity index (χ1n) is 36.3. The SMILES string of the molecule is CC/C=C\C/C=C\C/C=C\C/C=C\C/C=C\C/C=C\C/C=C\C/C=C\C/C=C\CCCCCCCCCCCC(=O)OC(COC(=O)CCCCCCCCCCCCCCCCC/C=C\C/C=C\CCCCCCC)COC(OCC[N+](C)(C)C)C(=O)[O-]. The van der Waals surface area contributed by atoms with Crippen molar-refractivity contribution in [3.8, 4) is 0 Å². The van der Waals surface area contributed by atoms with E-state index >= 15 is 0 Å². The number of carboxylic acids is 1. The lowest BCUT2D eigenvalue weighted by atomic mass is 10.0. The van der Waals surface area contributed by atoms with Crippen molar-refractivity contribution in [1.82, 2.24) is 0 Å². The van der Waals surface area contributed by atoms with Crippen molar-refractivity contribution in [2.45, 2.75) is 309 Å². The maximum Gasteiger partial charge on any atom is 0.306 e. The van der Waals surface area contributed by atoms with E-state index in [2.05, 4.69) is 148 Å². The van der Waals surface area contributed by atoms with Crippen molar-refractivity contribution in [2.24, 2.45) is 0 Å². The highest BCUT2D eigenvalue weighted by Crippen LogP contribution is 2.17. The lowest BCUT2D eigenvalue weighted by molar-refractivity contribution is -0.870. The van der Waals surface area contributed by atoms with Crippen molar-refractivity contribution in [3.05, 3.63) is 134 Å². The summed E-state index contributed by atoms with van der Waals surface area (Å²) in [6.07, 6.45) is 96.7. The Kier molecular flexibility index (Phi) is 65.8. The Labute approximate surface area is 548 Å². The quantitative estimate of drug-likeness (QED) is 0.0195. The molecule has 0 aromatic heterocycles. The summed E-state index contributed by atoms with van der Waals surface area (Å²) in [6.45, 7) is 4.63. The summed E-state index contributed by atoms with van der Waals surface area (Å²) in [4.78, 5) is 37.5. The number of hydrogen-bond acceptors (Lipinski definition) is 8. The minimum absolute atomic E-state index is 0.141. The summed E-state index contributed by atoms with van der Waals surface area (Å²) in [7, 11) is 5.93. The van der Waals surface area contributed by atoms with Gasteiger partial charge in [-0.1, -0.05) is 302 Å². The van der Waals surface area contributed by atoms with Crippen LogP contribution in [0.5, 0.6) is 0 Å². The largest absolute Gasteiger partial charge is 0.545 e. The number of allylic oxidation sites excluding steroid dienone is 22. The molecule has 0 saturated heterocycles. The number of unbranched alkanes of at least 4 members (excludes halogenated alkanes) is 29. The van der Waals surface area contributed by atoms with Crippen molar-refractivity contribution in [1.29, 1.82) is 0 Å². The van der Waals surface area contributed by atoms with Crippen molar-refractivity contribution in [3.63, 3.8) is 0 Å². The van der Waals surface area contributed by atoms with Gasteiger partial charge < -0.3 is 33.3 Å². The molecule has 9 nitrogen and oxygen atoms in total. The number of hydrogen-bond donors (Lipinski definition) is 0. The molecule has 0 N–H and O–H groups in total. The molecule has 89 heavy (non-hydrogen) atoms. The van der Waals surface area contributed by atoms with Gasteiger partial charge in [0.1, 0.15) is 13.2 Å². The molecule has 2 atom stereocenters. The average Bonchev–Trinajstić information content (AvgIpc) is 3.70. The number of ether oxygens (including phenoxy) is 4. The van der Waals surface area contributed by atoms with Crippen LogP contribution in [0.4, 0.5) is 0 Å². The molecule has 0 saturated carbocycles. The fraction of sp³-hybridized carbons (Fsp3) is 0.688. The van der Waals surface area contributed by atoms with E-state index in [1.165, 1.54) is 154 Å². The molecule has 0 radical (unpaired) electrons. The summed E-state index contributed by atoms with van der Waals surface area (Å²) < 4.78 is 22.8. The number of nitrogens with zero attached hydrogens (tertiary/aromatic N) is 1. The van der Waals surface area contributed by atoms with E-state index < -0.39 is 24.3 Å². The van der Waals surface area contributed by atoms with Gasteiger partial charge in [-0.05, 0) is 116 Å². The van der Waals surface area contributed by atoms with Gasteiger partial charge in [0.05, 0.1) is 40.3 Å². The minimum atomic E-state index is -1.63. The molecule has 0 aliphatic carbocycles. The van der Waals surface area contributed by atoms with Crippen LogP contribution in [0.3, 0.4) is 0 Å². The third kappa shape index (κ3) is 70.7. The van der Waals surface area contributed by atoms with Gasteiger partial charge in [0.25, 0.3) is 0 Å². The highest BCUT2D eigenvalue weighted by atomic mass is 16.7. The number of quaternary nitrogens is 1. The molecular formula is C80H135NO8. The van der Waals surface area contributed by atoms with Gasteiger partial charge >= 0.3 is 11.9 Å². The summed E-state index contributed by atoms with van der Waals surface area (Å²) in [6, 6.07) is 0. The third-order valence-electron chi connectivity index (χ3n) is 15.4. The molecule has 0 spiro atoms. The van der Waals surface area contributed by atoms with Crippen LogP contribution in [-0.4, -0.2) is 82.3 Å². The molecule has 0 fully saturated rings. The van der Waals surface area contributed by atoms with E-state index in [0.29, 0.717) is 17.4 Å². The molecule has 508 valence electrons. The number of carboxylic acid groups (broad SMARTS) is 1. The number of rotatable bonds is 66. The predicted octanol–water partition coefficient (Wildman–Crippen LogP) is 21.6. The van der Waals surface area contributed by atoms with E-state index in [9.17, 15) is 19.5 Å². The number of carbonyl (C=O) groups is 3. The van der Waals surface area contributed by atoms with E-state index in [1.54, 1.807) is 0 Å². The highest BCUT2D eigenvalue weighted by molar-refractivity contribution is 5.70. The lowest BCUT2D eigenvalue weighted by Gasteiger charge is -2.26. The first-order valence-corrected chi connectivity index (χ1v) is 36.3. The van der Waals surface area contributed by atoms with Crippen LogP contribution in [0.25, 0.3) is 0 Å². The lowest BCUT2D eigenvalue weighted by Crippen LogP contribution is -2.44. The minimum Gasteiger partial charge on any atom is -0.545 e. The zero-order valence-electron chi connectivity index (χ0n) is 58.0. The van der Waals surface area contributed by atoms with Gasteiger partial charge in [0.2, 0.25) is 0 Å². The van der Waals surface area contributed by atoms with Crippen LogP contribution >= 0.6 is 0 Å². The fourth-order valence-electron chi connectivity index (χ4n) is 9.86. The standard InChI is InChI=1S/C80H135NO8/c1-6-8-10-12-14-16-18-20-22-24-26-28-30-32-34-35-36-37-38-39-40-41-42-43-45-47-49-51-53-55-57-59-61-63-65-67-69-71-78(83)89-76(75-88-80(79(84)85)86-73-72-81(3,4)5)74-87-77(82)70-68-66-64-62-60-58-56-54-52-50-48-46-44-33-31-29-27-25-23-21-19-17-15-13-11-9-7-2/h8,10,14,16,19-22,25-28,32,34,36-37,39-40,42-43,47,49,76,80H,6-7,9,11-13,15,17-18,23-24,29-31,33,35,38,41,44-46,48,50-75H2,1-5H3/b10-8-,16-14-,21-19-,22-20-,27-25-,28-26-,34-32-,37-36-,40-39-,43-42-,49-47-. The van der Waals surface area contributed by atoms with E-state index in [1.807, 2.05) is 21.1 Å². The Morgan fingerprint density at radius 2 is 0.640 bits per heavy atom. The second-order valence-electron chi connectivity index (χ2n) is 25.1. The fourth-order valence-corrected chi connectivity index (χ4v) is 9.86. The molecule has 0 bridgehead atoms.